The van der Waals surface area contributed by atoms with Gasteiger partial charge in [-0.05, 0) is 71.7 Å². The Labute approximate surface area is 230 Å². The maximum Gasteiger partial charge on any atom is 0.276 e. The van der Waals surface area contributed by atoms with Gasteiger partial charge in [0.25, 0.3) is 11.8 Å². The van der Waals surface area contributed by atoms with Crippen LogP contribution < -0.4 is 10.1 Å². The molecule has 38 heavy (non-hydrogen) atoms. The van der Waals surface area contributed by atoms with Gasteiger partial charge in [0.05, 0.1) is 12.7 Å². The Bertz CT molecular complexity index is 1540. The van der Waals surface area contributed by atoms with E-state index in [9.17, 15) is 9.59 Å². The zero-order valence-corrected chi connectivity index (χ0v) is 22.3. The number of fused-ring (bicyclic) bond motifs is 2. The normalized spacial score (nSPS) is 19.9. The minimum Gasteiger partial charge on any atom is -0.494 e. The largest absolute Gasteiger partial charge is 0.494 e. The van der Waals surface area contributed by atoms with Gasteiger partial charge in [0.1, 0.15) is 17.0 Å². The Morgan fingerprint density at radius 2 is 1.84 bits per heavy atom. The van der Waals surface area contributed by atoms with Crippen LogP contribution in [0.1, 0.15) is 28.8 Å². The van der Waals surface area contributed by atoms with Crippen molar-refractivity contribution in [3.63, 3.8) is 0 Å². The lowest BCUT2D eigenvalue weighted by Gasteiger charge is -2.37. The quantitative estimate of drug-likeness (QED) is 0.355. The van der Waals surface area contributed by atoms with E-state index in [0.717, 1.165) is 32.9 Å². The molecule has 1 spiro atoms. The highest BCUT2D eigenvalue weighted by Gasteiger charge is 2.52. The van der Waals surface area contributed by atoms with E-state index in [4.69, 9.17) is 16.3 Å². The van der Waals surface area contributed by atoms with Crippen molar-refractivity contribution in [3.8, 4) is 5.75 Å². The van der Waals surface area contributed by atoms with Crippen LogP contribution in [-0.4, -0.2) is 29.4 Å². The summed E-state index contributed by atoms with van der Waals surface area (Å²) in [5, 5.41) is 5.18. The van der Waals surface area contributed by atoms with Gasteiger partial charge in [-0.15, -0.1) is 0 Å². The predicted molar refractivity (Wildman–Crippen MR) is 149 cm³/mol. The van der Waals surface area contributed by atoms with Gasteiger partial charge in [0.2, 0.25) is 0 Å². The molecule has 0 N–H and O–H groups in total. The summed E-state index contributed by atoms with van der Waals surface area (Å²) < 4.78 is 5.49. The summed E-state index contributed by atoms with van der Waals surface area (Å²) in [5.74, 6) is -0.201. The molecule has 3 aromatic carbocycles. The number of carbonyl (C=O) groups excluding carboxylic acids is 2. The first-order valence-corrected chi connectivity index (χ1v) is 13.5. The van der Waals surface area contributed by atoms with E-state index in [1.54, 1.807) is 34.9 Å². The van der Waals surface area contributed by atoms with Crippen molar-refractivity contribution in [2.75, 3.05) is 7.11 Å². The lowest BCUT2D eigenvalue weighted by molar-refractivity contribution is -0.128. The van der Waals surface area contributed by atoms with Crippen molar-refractivity contribution >= 4 is 40.9 Å². The summed E-state index contributed by atoms with van der Waals surface area (Å²) in [7, 11) is 1.52. The molecule has 0 aromatic heterocycles. The molecule has 0 saturated carbocycles. The minimum atomic E-state index is -1.22. The zero-order valence-electron chi connectivity index (χ0n) is 20.7. The summed E-state index contributed by atoms with van der Waals surface area (Å²) in [6, 6.07) is 20.8. The highest BCUT2D eigenvalue weighted by atomic mass is 35.5. The molecule has 1 aliphatic heterocycles. The van der Waals surface area contributed by atoms with Crippen molar-refractivity contribution in [2.45, 2.75) is 34.7 Å². The molecule has 2 amide bonds. The molecule has 189 valence electrons. The summed E-state index contributed by atoms with van der Waals surface area (Å²) in [6.07, 6.45) is 9.18. The minimum absolute atomic E-state index is 0.246. The van der Waals surface area contributed by atoms with Gasteiger partial charge in [0.15, 0.2) is 0 Å². The average Bonchev–Trinajstić information content (AvgIpc) is 3.31. The smallest absolute Gasteiger partial charge is 0.276 e. The molecular formula is C31H24ClN2O3S. The fourth-order valence-corrected chi connectivity index (χ4v) is 6.31. The second-order valence-electron chi connectivity index (χ2n) is 9.42. The van der Waals surface area contributed by atoms with E-state index < -0.39 is 5.54 Å². The second-order valence-corrected chi connectivity index (χ2v) is 11.0. The molecular weight excluding hydrogens is 516 g/mol. The van der Waals surface area contributed by atoms with Crippen LogP contribution in [-0.2, 0) is 11.3 Å². The van der Waals surface area contributed by atoms with E-state index in [-0.39, 0.29) is 24.0 Å². The molecule has 1 unspecified atom stereocenters. The summed E-state index contributed by atoms with van der Waals surface area (Å²) in [4.78, 5) is 32.1. The van der Waals surface area contributed by atoms with Gasteiger partial charge in [-0.1, -0.05) is 65.9 Å². The van der Waals surface area contributed by atoms with Crippen molar-refractivity contribution in [2.24, 2.45) is 0 Å². The van der Waals surface area contributed by atoms with Gasteiger partial charge in [-0.2, -0.15) is 0 Å². The molecule has 3 aliphatic rings. The molecule has 3 aromatic rings. The first-order valence-electron chi connectivity index (χ1n) is 12.3. The van der Waals surface area contributed by atoms with Gasteiger partial charge in [0, 0.05) is 27.8 Å². The van der Waals surface area contributed by atoms with Crippen LogP contribution >= 0.6 is 23.4 Å². The summed E-state index contributed by atoms with van der Waals surface area (Å²) >= 11 is 7.69. The fraction of sp³-hybridized carbons (Fsp3) is 0.161. The highest BCUT2D eigenvalue weighted by molar-refractivity contribution is 7.99. The number of benzene rings is 3. The highest BCUT2D eigenvalue weighted by Crippen LogP contribution is 2.46. The molecule has 0 bridgehead atoms. The summed E-state index contributed by atoms with van der Waals surface area (Å²) in [5.41, 5.74) is 2.51. The number of ether oxygens (including phenoxy) is 1. The fourth-order valence-electron chi connectivity index (χ4n) is 5.24. The monoisotopic (exact) mass is 539 g/mol. The lowest BCUT2D eigenvalue weighted by Crippen LogP contribution is -2.54. The maximum absolute atomic E-state index is 14.3. The molecule has 1 atom stereocenters. The van der Waals surface area contributed by atoms with E-state index in [1.165, 1.54) is 7.11 Å². The number of nitrogens with zero attached hydrogens (tertiary/aromatic N) is 2. The van der Waals surface area contributed by atoms with Crippen LogP contribution in [0.15, 0.2) is 112 Å². The third kappa shape index (κ3) is 4.24. The van der Waals surface area contributed by atoms with Crippen LogP contribution in [0.5, 0.6) is 5.75 Å². The standard InChI is InChI=1S/C31H24ClN2O3S/c1-37-26-11-6-10-25-28(26)33-30(36)31(17-20-7-2-3-8-21(20)18-31)34(29(25)35)19-22-9-4-5-12-27(22)38-24-15-13-23(32)14-16-24/h2-7,9-16,18H,8,17,19H2,1H3. The lowest BCUT2D eigenvalue weighted by atomic mass is 9.92. The molecule has 6 rings (SSSR count). The van der Waals surface area contributed by atoms with Crippen LogP contribution in [0, 0.1) is 0 Å². The van der Waals surface area contributed by atoms with Gasteiger partial charge < -0.3 is 9.64 Å². The first kappa shape index (κ1) is 24.6. The average molecular weight is 540 g/mol. The van der Waals surface area contributed by atoms with Crippen molar-refractivity contribution in [1.82, 2.24) is 10.2 Å². The Balaban J connectivity index is 1.46. The number of hydrogen-bond acceptors (Lipinski definition) is 4. The number of amides is 2. The zero-order chi connectivity index (χ0) is 26.3. The number of para-hydroxylation sites is 1. The van der Waals surface area contributed by atoms with Gasteiger partial charge in [-0.3, -0.25) is 9.59 Å². The van der Waals surface area contributed by atoms with Crippen LogP contribution in [0.4, 0.5) is 5.69 Å². The topological polar surface area (TPSA) is 60.7 Å². The molecule has 5 nitrogen and oxygen atoms in total. The van der Waals surface area contributed by atoms with E-state index in [0.29, 0.717) is 22.8 Å². The molecule has 7 heteroatoms. The number of rotatable bonds is 5. The van der Waals surface area contributed by atoms with Crippen LogP contribution in [0.25, 0.3) is 0 Å². The predicted octanol–water partition coefficient (Wildman–Crippen LogP) is 6.87. The van der Waals surface area contributed by atoms with E-state index in [2.05, 4.69) is 11.4 Å². The third-order valence-electron chi connectivity index (χ3n) is 7.16. The Hall–Kier alpha value is -3.74. The number of methoxy groups -OCH3 is 1. The Morgan fingerprint density at radius 3 is 2.63 bits per heavy atom. The summed E-state index contributed by atoms with van der Waals surface area (Å²) in [6.45, 7) is 0.248. The number of hydrogen-bond donors (Lipinski definition) is 0. The molecule has 0 saturated heterocycles. The Morgan fingerprint density at radius 1 is 1.03 bits per heavy atom. The first-order chi connectivity index (χ1) is 18.5. The van der Waals surface area contributed by atoms with Crippen LogP contribution in [0.2, 0.25) is 5.02 Å². The van der Waals surface area contributed by atoms with Crippen molar-refractivity contribution in [3.05, 3.63) is 118 Å². The van der Waals surface area contributed by atoms with Crippen molar-refractivity contribution in [1.29, 1.82) is 0 Å². The van der Waals surface area contributed by atoms with Gasteiger partial charge >= 0.3 is 0 Å². The number of halogens is 1. The second kappa shape index (κ2) is 9.86. The maximum atomic E-state index is 14.3. The molecule has 0 fully saturated rings. The molecule has 1 radical (unpaired) electrons. The van der Waals surface area contributed by atoms with E-state index >= 15 is 0 Å². The Kier molecular flexibility index (Phi) is 6.38. The third-order valence-corrected chi connectivity index (χ3v) is 8.54. The molecule has 2 aliphatic carbocycles. The number of carbonyl (C=O) groups is 2. The SMILES string of the molecule is COc1cccc2c1[N]C(=O)C1(C=C3CC=CC=C3C1)N(Cc1ccccc1Sc1ccc(Cl)cc1)C2=O. The van der Waals surface area contributed by atoms with Crippen molar-refractivity contribution < 1.29 is 14.3 Å². The molecule has 1 heterocycles. The number of allylic oxidation sites excluding steroid dienone is 4. The van der Waals surface area contributed by atoms with E-state index in [1.807, 2.05) is 66.8 Å². The van der Waals surface area contributed by atoms with Gasteiger partial charge in [-0.25, -0.2) is 5.32 Å². The van der Waals surface area contributed by atoms with Crippen LogP contribution in [0.3, 0.4) is 0 Å².